The van der Waals surface area contributed by atoms with Crippen molar-refractivity contribution in [3.8, 4) is 0 Å². The van der Waals surface area contributed by atoms with Crippen LogP contribution in [0.15, 0.2) is 146 Å². The molecule has 0 fully saturated rings. The number of amides is 3. The molecule has 9 aromatic rings. The number of fused-ring (bicyclic) bond motifs is 6. The van der Waals surface area contributed by atoms with Gasteiger partial charge in [0, 0.05) is 77.2 Å². The lowest BCUT2D eigenvalue weighted by Gasteiger charge is -2.27. The van der Waals surface area contributed by atoms with Gasteiger partial charge < -0.3 is 68.4 Å². The Morgan fingerprint density at radius 3 is 1.35 bits per heavy atom. The summed E-state index contributed by atoms with van der Waals surface area (Å²) in [6.45, 7) is 2.50. The second kappa shape index (κ2) is 33.8. The maximum Gasteiger partial charge on any atom is 0.407 e. The Morgan fingerprint density at radius 2 is 0.885 bits per heavy atom. The van der Waals surface area contributed by atoms with Gasteiger partial charge in [0.1, 0.15) is 54.7 Å². The summed E-state index contributed by atoms with van der Waals surface area (Å²) in [5.41, 5.74) is 30.3. The normalized spacial score (nSPS) is 18.4. The summed E-state index contributed by atoms with van der Waals surface area (Å²) in [7, 11) is 0. The molecule has 6 heterocycles. The van der Waals surface area contributed by atoms with E-state index in [2.05, 4.69) is 52.3 Å². The SMILES string of the molecule is C.Nc1c2c(nn1C(=O)C1CCNc3ccc(F)cc31)CC[C@@H](NC(=O)OCc1ccccc1)C2.Nc1n[nH]c2c1C[C@H](NC(=O)OCc1ccccc1)CC2.Nc1nn(C(=O)C2CCNc3ccc(F)cc32)c2c1C[C@H](NC(=O)OCc1ccccc1)CC2.O=C(O)C1CCNc2ccc(F)cc21. The van der Waals surface area contributed by atoms with Crippen LogP contribution in [0.1, 0.15) is 140 Å². The molecular weight excluding hydrogens is 1340 g/mol. The van der Waals surface area contributed by atoms with Crippen LogP contribution < -0.4 is 49.1 Å². The standard InChI is InChI=1S/2C25H26FN5O3.C15H18N4O2.C10H10FNO2.CH4/c26-16-6-8-21-19(12-16)18(10-11-28-21)24(32)31-22-9-7-17(13-20(22)23(27)30-31)29-25(33)34-14-15-4-2-1-3-5-15;26-16-6-8-21-19(12-16)18(10-11-28-21)24(32)31-23(27)20-13-17(7-9-22(20)30-31)29-25(33)34-14-15-4-2-1-3-5-15;16-14-12-8-11(6-7-13(12)18-19-14)17-15(20)21-9-10-4-2-1-3-5-10;11-6-1-2-9-8(5-6)7(10(13)14)3-4-12-9;/h1-6,8,12,17-18,28H,7,9-11,13-14H2,(H2,27,30)(H,29,33);1-6,8,12,17-18,28H,7,9-11,13-14,27H2,(H,29,33);1-5,11H,6-9H2,(H,17,20)(H3,16,18,19);1-2,5,7,12H,3-4H2,(H,13,14);1H4/t2*17-,18?;11-;;/m111../s1. The van der Waals surface area contributed by atoms with Gasteiger partial charge in [0.2, 0.25) is 0 Å². The second-order valence-electron chi connectivity index (χ2n) is 26.0. The molecule has 15 rings (SSSR count). The van der Waals surface area contributed by atoms with Crippen LogP contribution in [-0.4, -0.2) is 109 Å². The van der Waals surface area contributed by atoms with E-state index in [-0.39, 0.29) is 80.5 Å². The number of halogens is 3. The highest BCUT2D eigenvalue weighted by atomic mass is 19.1. The third-order valence-electron chi connectivity index (χ3n) is 19.1. The maximum atomic E-state index is 13.9. The number of H-pyrrole nitrogens is 1. The number of nitrogens with two attached hydrogens (primary N) is 3. The molecule has 3 unspecified atom stereocenters. The van der Waals surface area contributed by atoms with E-state index in [9.17, 15) is 41.9 Å². The third-order valence-corrected chi connectivity index (χ3v) is 19.1. The molecule has 25 nitrogen and oxygen atoms in total. The van der Waals surface area contributed by atoms with Gasteiger partial charge in [-0.15, -0.1) is 5.10 Å². The number of carboxylic acid groups (broad SMARTS) is 1. The molecule has 0 radical (unpaired) electrons. The van der Waals surface area contributed by atoms with E-state index in [1.807, 2.05) is 91.0 Å². The molecule has 3 aromatic heterocycles. The fourth-order valence-corrected chi connectivity index (χ4v) is 13.8. The Hall–Kier alpha value is -11.8. The minimum Gasteiger partial charge on any atom is -0.481 e. The Kier molecular flexibility index (Phi) is 23.8. The fraction of sp³-hybridized carbons (Fsp3) is 0.329. The van der Waals surface area contributed by atoms with Gasteiger partial charge in [0.25, 0.3) is 11.8 Å². The lowest BCUT2D eigenvalue weighted by atomic mass is 9.89. The van der Waals surface area contributed by atoms with Gasteiger partial charge in [-0.3, -0.25) is 19.5 Å². The van der Waals surface area contributed by atoms with E-state index in [4.69, 9.17) is 36.5 Å². The fourth-order valence-electron chi connectivity index (χ4n) is 13.8. The van der Waals surface area contributed by atoms with Crippen LogP contribution in [0, 0.1) is 17.5 Å². The number of alkyl carbamates (subject to hydrolysis) is 3. The first-order valence-electron chi connectivity index (χ1n) is 34.3. The van der Waals surface area contributed by atoms with Gasteiger partial charge >= 0.3 is 24.2 Å². The Bertz CT molecular complexity index is 4480. The van der Waals surface area contributed by atoms with Crippen molar-refractivity contribution in [1.82, 2.24) is 45.7 Å². The van der Waals surface area contributed by atoms with Crippen LogP contribution in [0.2, 0.25) is 0 Å². The second-order valence-corrected chi connectivity index (χ2v) is 26.0. The van der Waals surface area contributed by atoms with Crippen LogP contribution in [0.4, 0.5) is 62.1 Å². The zero-order chi connectivity index (χ0) is 72.1. The quantitative estimate of drug-likeness (QED) is 0.0506. The minimum absolute atomic E-state index is 0. The molecule has 14 N–H and O–H groups in total. The molecule has 28 heteroatoms. The first kappa shape index (κ1) is 73.4. The summed E-state index contributed by atoms with van der Waals surface area (Å²) < 4.78 is 59.2. The number of ether oxygens (including phenoxy) is 3. The average Bonchev–Trinajstić information content (AvgIpc) is 1.64. The number of aromatic nitrogens is 6. The molecule has 0 saturated carbocycles. The molecular formula is C76H84F3N15O10. The zero-order valence-electron chi connectivity index (χ0n) is 56.3. The number of rotatable bonds is 12. The van der Waals surface area contributed by atoms with Crippen LogP contribution in [0.25, 0.3) is 0 Å². The highest BCUT2D eigenvalue weighted by molar-refractivity contribution is 5.91. The van der Waals surface area contributed by atoms with E-state index in [1.165, 1.54) is 45.8 Å². The van der Waals surface area contributed by atoms with Gasteiger partial charge in [-0.05, 0) is 165 Å². The van der Waals surface area contributed by atoms with Gasteiger partial charge in [-0.2, -0.15) is 14.9 Å². The molecule has 6 aliphatic rings. The predicted molar refractivity (Wildman–Crippen MR) is 385 cm³/mol. The van der Waals surface area contributed by atoms with E-state index < -0.39 is 47.8 Å². The maximum absolute atomic E-state index is 13.9. The first-order valence-corrected chi connectivity index (χ1v) is 34.3. The lowest BCUT2D eigenvalue weighted by Crippen LogP contribution is -2.39. The van der Waals surface area contributed by atoms with E-state index in [0.717, 1.165) is 80.4 Å². The molecule has 3 aliphatic carbocycles. The number of carboxylic acids is 1. The summed E-state index contributed by atoms with van der Waals surface area (Å²) in [6.07, 6.45) is 5.92. The topological polar surface area (TPSA) is 365 Å². The van der Waals surface area contributed by atoms with Gasteiger partial charge in [-0.1, -0.05) is 98.4 Å². The summed E-state index contributed by atoms with van der Waals surface area (Å²) >= 11 is 0. The number of hydrogen-bond donors (Lipinski definition) is 11. The number of aromatic amines is 1. The summed E-state index contributed by atoms with van der Waals surface area (Å²) in [6, 6.07) is 41.3. The minimum atomic E-state index is -0.890. The number of carbonyl (C=O) groups excluding carboxylic acids is 5. The molecule has 6 atom stereocenters. The first-order chi connectivity index (χ1) is 49.9. The molecule has 0 saturated heterocycles. The molecule has 544 valence electrons. The predicted octanol–water partition coefficient (Wildman–Crippen LogP) is 11.5. The summed E-state index contributed by atoms with van der Waals surface area (Å²) in [4.78, 5) is 74.1. The van der Waals surface area contributed by atoms with Crippen molar-refractivity contribution in [1.29, 1.82) is 0 Å². The molecule has 104 heavy (non-hydrogen) atoms. The Labute approximate surface area is 598 Å². The third kappa shape index (κ3) is 17.9. The zero-order valence-corrected chi connectivity index (χ0v) is 56.3. The van der Waals surface area contributed by atoms with E-state index >= 15 is 0 Å². The lowest BCUT2D eigenvalue weighted by molar-refractivity contribution is -0.139. The molecule has 3 aliphatic heterocycles. The van der Waals surface area contributed by atoms with Gasteiger partial charge in [0.15, 0.2) is 0 Å². The van der Waals surface area contributed by atoms with Crippen molar-refractivity contribution < 1.29 is 61.3 Å². The molecule has 0 spiro atoms. The number of nitrogens with zero attached hydrogens (tertiary/aromatic N) is 5. The van der Waals surface area contributed by atoms with Crippen molar-refractivity contribution in [2.75, 3.05) is 52.8 Å². The Balaban J connectivity index is 0.000000145. The number of carbonyl (C=O) groups is 6. The number of aryl methyl sites for hydroxylation is 2. The number of benzene rings is 6. The average molecular weight is 1420 g/mol. The number of nitrogen functional groups attached to an aromatic ring is 3. The Morgan fingerprint density at radius 1 is 0.481 bits per heavy atom. The van der Waals surface area contributed by atoms with Crippen molar-refractivity contribution >= 4 is 70.6 Å². The largest absolute Gasteiger partial charge is 0.481 e. The monoisotopic (exact) mass is 1420 g/mol. The van der Waals surface area contributed by atoms with Crippen LogP contribution in [0.3, 0.4) is 0 Å². The van der Waals surface area contributed by atoms with Crippen molar-refractivity contribution in [3.05, 3.63) is 230 Å². The van der Waals surface area contributed by atoms with Crippen LogP contribution >= 0.6 is 0 Å². The van der Waals surface area contributed by atoms with Crippen molar-refractivity contribution in [2.24, 2.45) is 0 Å². The molecule has 6 aromatic carbocycles. The van der Waals surface area contributed by atoms with E-state index in [0.29, 0.717) is 106 Å². The smallest absolute Gasteiger partial charge is 0.407 e. The summed E-state index contributed by atoms with van der Waals surface area (Å²) in [5.74, 6) is -3.07. The van der Waals surface area contributed by atoms with Gasteiger partial charge in [-0.25, -0.2) is 32.2 Å². The van der Waals surface area contributed by atoms with Crippen molar-refractivity contribution in [3.63, 3.8) is 0 Å². The van der Waals surface area contributed by atoms with Crippen LogP contribution in [0.5, 0.6) is 0 Å². The number of anilines is 6. The summed E-state index contributed by atoms with van der Waals surface area (Å²) in [5, 5.41) is 42.8. The number of nitrogens with one attached hydrogen (secondary N) is 7. The van der Waals surface area contributed by atoms with Gasteiger partial charge in [0.05, 0.1) is 29.1 Å². The molecule has 0 bridgehead atoms. The molecule has 3 amide bonds. The van der Waals surface area contributed by atoms with Crippen molar-refractivity contribution in [2.45, 2.75) is 140 Å². The van der Waals surface area contributed by atoms with E-state index in [1.54, 1.807) is 18.2 Å². The highest BCUT2D eigenvalue weighted by Crippen LogP contribution is 2.38. The number of aliphatic carboxylic acids is 1. The highest BCUT2D eigenvalue weighted by Gasteiger charge is 2.37. The number of hydrogen-bond acceptors (Lipinski definition) is 18. The van der Waals surface area contributed by atoms with Crippen LogP contribution in [-0.2, 0) is 77.4 Å².